The maximum atomic E-state index is 12.4. The molecule has 2 aromatic carbocycles. The van der Waals surface area contributed by atoms with Gasteiger partial charge in [-0.3, -0.25) is 0 Å². The number of halogens is 2. The van der Waals surface area contributed by atoms with Crippen molar-refractivity contribution in [2.75, 3.05) is 0 Å². The number of ether oxygens (including phenoxy) is 1. The van der Waals surface area contributed by atoms with Gasteiger partial charge in [0.05, 0.1) is 5.69 Å². The fraction of sp³-hybridized carbons (Fsp3) is 0.133. The molecule has 0 saturated heterocycles. The summed E-state index contributed by atoms with van der Waals surface area (Å²) in [6, 6.07) is 16.1. The molecule has 0 atom stereocenters. The minimum atomic E-state index is -2.85. The lowest BCUT2D eigenvalue weighted by atomic mass is 10.2. The summed E-state index contributed by atoms with van der Waals surface area (Å²) >= 11 is 1.34. The summed E-state index contributed by atoms with van der Waals surface area (Å²) in [6.07, 6.45) is 0. The van der Waals surface area contributed by atoms with E-state index < -0.39 is 6.61 Å². The first-order valence-corrected chi connectivity index (χ1v) is 7.72. The number of hydrogen-bond donors (Lipinski definition) is 0. The van der Waals surface area contributed by atoms with Crippen molar-refractivity contribution < 1.29 is 13.5 Å². The smallest absolute Gasteiger partial charge is 0.387 e. The molecule has 0 aliphatic carbocycles. The Hall–Kier alpha value is -2.48. The van der Waals surface area contributed by atoms with Crippen LogP contribution in [0, 0.1) is 0 Å². The molecule has 0 radical (unpaired) electrons. The maximum Gasteiger partial charge on any atom is 0.387 e. The minimum absolute atomic E-state index is 0.161. The van der Waals surface area contributed by atoms with E-state index in [4.69, 9.17) is 0 Å². The van der Waals surface area contributed by atoms with Gasteiger partial charge < -0.3 is 4.74 Å². The second-order valence-corrected chi connectivity index (χ2v) is 5.43. The number of alkyl halides is 2. The molecule has 0 bridgehead atoms. The monoisotopic (exact) mass is 334 g/mol. The molecule has 23 heavy (non-hydrogen) atoms. The van der Waals surface area contributed by atoms with Crippen molar-refractivity contribution in [1.29, 1.82) is 0 Å². The third-order valence-electron chi connectivity index (χ3n) is 2.99. The van der Waals surface area contributed by atoms with Gasteiger partial charge in [-0.25, -0.2) is 0 Å². The number of aromatic nitrogens is 4. The van der Waals surface area contributed by atoms with E-state index in [0.29, 0.717) is 16.5 Å². The number of tetrazole rings is 1. The molecule has 0 aliphatic heterocycles. The normalized spacial score (nSPS) is 10.9. The lowest BCUT2D eigenvalue weighted by Crippen LogP contribution is -2.04. The Labute approximate surface area is 135 Å². The minimum Gasteiger partial charge on any atom is -0.435 e. The van der Waals surface area contributed by atoms with E-state index in [1.54, 1.807) is 22.9 Å². The molecule has 0 N–H and O–H groups in total. The van der Waals surface area contributed by atoms with Crippen LogP contribution in [0.5, 0.6) is 5.75 Å². The standard InChI is InChI=1S/C15H12F2N4OS/c16-14(17)22-13-9-5-4-6-11(13)10-23-15-18-19-20-21(15)12-7-2-1-3-8-12/h1-9,14H,10H2. The van der Waals surface area contributed by atoms with E-state index in [2.05, 4.69) is 20.3 Å². The Kier molecular flexibility index (Phi) is 4.82. The number of hydrogen-bond acceptors (Lipinski definition) is 5. The highest BCUT2D eigenvalue weighted by molar-refractivity contribution is 7.98. The SMILES string of the molecule is FC(F)Oc1ccccc1CSc1nnnn1-c1ccccc1. The Morgan fingerprint density at radius 1 is 1.04 bits per heavy atom. The van der Waals surface area contributed by atoms with Crippen molar-refractivity contribution in [3.05, 3.63) is 60.2 Å². The Morgan fingerprint density at radius 2 is 1.78 bits per heavy atom. The van der Waals surface area contributed by atoms with Gasteiger partial charge in [0.1, 0.15) is 5.75 Å². The van der Waals surface area contributed by atoms with Gasteiger partial charge in [0, 0.05) is 11.3 Å². The number of benzene rings is 2. The largest absolute Gasteiger partial charge is 0.435 e. The number of rotatable bonds is 6. The Morgan fingerprint density at radius 3 is 2.57 bits per heavy atom. The average molecular weight is 334 g/mol. The van der Waals surface area contributed by atoms with E-state index in [9.17, 15) is 8.78 Å². The summed E-state index contributed by atoms with van der Waals surface area (Å²) in [7, 11) is 0. The van der Waals surface area contributed by atoms with Crippen molar-refractivity contribution in [2.45, 2.75) is 17.5 Å². The van der Waals surface area contributed by atoms with Crippen molar-refractivity contribution in [3.63, 3.8) is 0 Å². The predicted octanol–water partition coefficient (Wildman–Crippen LogP) is 3.56. The molecule has 0 spiro atoms. The Balaban J connectivity index is 1.77. The molecule has 0 amide bonds. The van der Waals surface area contributed by atoms with Crippen LogP contribution in [0.4, 0.5) is 8.78 Å². The lowest BCUT2D eigenvalue weighted by molar-refractivity contribution is -0.0503. The lowest BCUT2D eigenvalue weighted by Gasteiger charge is -2.10. The summed E-state index contributed by atoms with van der Waals surface area (Å²) in [5, 5.41) is 12.2. The van der Waals surface area contributed by atoms with Gasteiger partial charge in [-0.05, 0) is 28.6 Å². The summed E-state index contributed by atoms with van der Waals surface area (Å²) < 4.78 is 31.0. The van der Waals surface area contributed by atoms with E-state index >= 15 is 0 Å². The third kappa shape index (κ3) is 3.84. The Bertz CT molecular complexity index is 767. The van der Waals surface area contributed by atoms with Gasteiger partial charge in [0.25, 0.3) is 0 Å². The van der Waals surface area contributed by atoms with Crippen molar-refractivity contribution in [1.82, 2.24) is 20.2 Å². The second-order valence-electron chi connectivity index (χ2n) is 4.48. The van der Waals surface area contributed by atoms with Gasteiger partial charge in [-0.15, -0.1) is 5.10 Å². The van der Waals surface area contributed by atoms with E-state index in [1.807, 2.05) is 30.3 Å². The number of para-hydroxylation sites is 2. The highest BCUT2D eigenvalue weighted by Crippen LogP contribution is 2.28. The molecule has 3 rings (SSSR count). The molecule has 0 aliphatic rings. The van der Waals surface area contributed by atoms with E-state index in [0.717, 1.165) is 5.69 Å². The van der Waals surface area contributed by atoms with Gasteiger partial charge >= 0.3 is 6.61 Å². The third-order valence-corrected chi connectivity index (χ3v) is 3.96. The molecule has 118 valence electrons. The summed E-state index contributed by atoms with van der Waals surface area (Å²) in [5.74, 6) is 0.574. The first-order chi connectivity index (χ1) is 11.2. The molecule has 8 heteroatoms. The molecule has 1 aromatic heterocycles. The van der Waals surface area contributed by atoms with Crippen LogP contribution in [0.15, 0.2) is 59.8 Å². The van der Waals surface area contributed by atoms with Gasteiger partial charge in [0.2, 0.25) is 5.16 Å². The summed E-state index contributed by atoms with van der Waals surface area (Å²) in [6.45, 7) is -2.85. The van der Waals surface area contributed by atoms with Crippen LogP contribution in [-0.2, 0) is 5.75 Å². The molecule has 0 unspecified atom stereocenters. The van der Waals surface area contributed by atoms with Gasteiger partial charge in [-0.1, -0.05) is 48.2 Å². The topological polar surface area (TPSA) is 52.8 Å². The molecule has 0 fully saturated rings. The molecule has 3 aromatic rings. The molecular formula is C15H12F2N4OS. The molecule has 5 nitrogen and oxygen atoms in total. The molecule has 0 saturated carbocycles. The van der Waals surface area contributed by atoms with Gasteiger partial charge in [0.15, 0.2) is 0 Å². The quantitative estimate of drug-likeness (QED) is 0.645. The van der Waals surface area contributed by atoms with Crippen LogP contribution in [0.2, 0.25) is 0 Å². The van der Waals surface area contributed by atoms with Crippen LogP contribution < -0.4 is 4.74 Å². The predicted molar refractivity (Wildman–Crippen MR) is 81.8 cm³/mol. The fourth-order valence-corrected chi connectivity index (χ4v) is 2.86. The number of nitrogens with zero attached hydrogens (tertiary/aromatic N) is 4. The van der Waals surface area contributed by atoms with Crippen molar-refractivity contribution >= 4 is 11.8 Å². The van der Waals surface area contributed by atoms with Crippen LogP contribution >= 0.6 is 11.8 Å². The second kappa shape index (κ2) is 7.19. The molecular weight excluding hydrogens is 322 g/mol. The van der Waals surface area contributed by atoms with Gasteiger partial charge in [-0.2, -0.15) is 13.5 Å². The molecule has 1 heterocycles. The number of thioether (sulfide) groups is 1. The van der Waals surface area contributed by atoms with Crippen LogP contribution in [0.3, 0.4) is 0 Å². The average Bonchev–Trinajstić information content (AvgIpc) is 3.03. The highest BCUT2D eigenvalue weighted by atomic mass is 32.2. The zero-order valence-electron chi connectivity index (χ0n) is 11.8. The van der Waals surface area contributed by atoms with Crippen LogP contribution in [0.1, 0.15) is 5.56 Å². The fourth-order valence-electron chi connectivity index (χ4n) is 1.98. The first-order valence-electron chi connectivity index (χ1n) is 6.73. The van der Waals surface area contributed by atoms with Crippen LogP contribution in [0.25, 0.3) is 5.69 Å². The summed E-state index contributed by atoms with van der Waals surface area (Å²) in [5.41, 5.74) is 1.48. The van der Waals surface area contributed by atoms with E-state index in [1.165, 1.54) is 17.8 Å². The first kappa shape index (κ1) is 15.4. The summed E-state index contributed by atoms with van der Waals surface area (Å²) in [4.78, 5) is 0. The van der Waals surface area contributed by atoms with E-state index in [-0.39, 0.29) is 5.75 Å². The van der Waals surface area contributed by atoms with Crippen LogP contribution in [-0.4, -0.2) is 26.8 Å². The van der Waals surface area contributed by atoms with Crippen molar-refractivity contribution in [3.8, 4) is 11.4 Å². The highest BCUT2D eigenvalue weighted by Gasteiger charge is 2.12. The zero-order chi connectivity index (χ0) is 16.1. The maximum absolute atomic E-state index is 12.4. The van der Waals surface area contributed by atoms with Crippen molar-refractivity contribution in [2.24, 2.45) is 0 Å². The zero-order valence-corrected chi connectivity index (χ0v) is 12.7.